The molecule has 2 heteroatoms. The Balaban J connectivity index is 1.85. The average Bonchev–Trinajstić information content (AvgIpc) is 3.11. The van der Waals surface area contributed by atoms with Crippen molar-refractivity contribution < 1.29 is 0 Å². The van der Waals surface area contributed by atoms with Crippen LogP contribution in [0.2, 0.25) is 0 Å². The highest BCUT2D eigenvalue weighted by Gasteiger charge is 2.19. The zero-order valence-electron chi connectivity index (χ0n) is 11.1. The smallest absolute Gasteiger partial charge is 0.0230 e. The first kappa shape index (κ1) is 12.6. The first-order chi connectivity index (χ1) is 8.28. The Hall–Kier alpha value is -0.860. The molecule has 0 amide bonds. The zero-order valence-corrected chi connectivity index (χ0v) is 11.1. The van der Waals surface area contributed by atoms with Crippen LogP contribution in [0, 0.1) is 0 Å². The Labute approximate surface area is 105 Å². The second-order valence-electron chi connectivity index (χ2n) is 5.21. The van der Waals surface area contributed by atoms with E-state index in [2.05, 4.69) is 48.5 Å². The molecule has 1 N–H and O–H groups in total. The lowest BCUT2D eigenvalue weighted by molar-refractivity contribution is 0.327. The molecule has 0 unspecified atom stereocenters. The van der Waals surface area contributed by atoms with Crippen molar-refractivity contribution in [1.29, 1.82) is 0 Å². The number of nitrogens with zero attached hydrogens (tertiary/aromatic N) is 1. The average molecular weight is 232 g/mol. The summed E-state index contributed by atoms with van der Waals surface area (Å²) in [5.41, 5.74) is 2.84. The molecular weight excluding hydrogens is 208 g/mol. The quantitative estimate of drug-likeness (QED) is 0.777. The van der Waals surface area contributed by atoms with Gasteiger partial charge in [-0.1, -0.05) is 31.2 Å². The topological polar surface area (TPSA) is 15.3 Å². The maximum absolute atomic E-state index is 3.56. The molecule has 1 fully saturated rings. The van der Waals surface area contributed by atoms with Crippen molar-refractivity contribution in [3.05, 3.63) is 35.4 Å². The fraction of sp³-hybridized carbons (Fsp3) is 0.600. The summed E-state index contributed by atoms with van der Waals surface area (Å²) in [6.45, 7) is 5.48. The van der Waals surface area contributed by atoms with Crippen LogP contribution in [-0.4, -0.2) is 24.5 Å². The third-order valence-electron chi connectivity index (χ3n) is 3.22. The zero-order chi connectivity index (χ0) is 12.1. The molecule has 1 aromatic carbocycles. The van der Waals surface area contributed by atoms with E-state index in [1.54, 1.807) is 0 Å². The van der Waals surface area contributed by atoms with Gasteiger partial charge in [0.05, 0.1) is 0 Å². The van der Waals surface area contributed by atoms with Gasteiger partial charge < -0.3 is 10.2 Å². The highest BCUT2D eigenvalue weighted by atomic mass is 15.1. The van der Waals surface area contributed by atoms with Gasteiger partial charge in [-0.05, 0) is 44.0 Å². The number of hydrogen-bond acceptors (Lipinski definition) is 2. The number of benzene rings is 1. The summed E-state index contributed by atoms with van der Waals surface area (Å²) in [5.74, 6) is 0. The predicted molar refractivity (Wildman–Crippen MR) is 72.9 cm³/mol. The van der Waals surface area contributed by atoms with E-state index < -0.39 is 0 Å². The van der Waals surface area contributed by atoms with Crippen LogP contribution in [0.4, 0.5) is 0 Å². The summed E-state index contributed by atoms with van der Waals surface area (Å²) in [5, 5.41) is 3.56. The second kappa shape index (κ2) is 6.18. The van der Waals surface area contributed by atoms with E-state index in [9.17, 15) is 0 Å². The molecule has 1 aliphatic rings. The molecule has 0 atom stereocenters. The van der Waals surface area contributed by atoms with Crippen LogP contribution in [0.5, 0.6) is 0 Å². The molecule has 0 aromatic heterocycles. The van der Waals surface area contributed by atoms with Crippen molar-refractivity contribution in [2.24, 2.45) is 0 Å². The molecule has 0 saturated heterocycles. The number of hydrogen-bond donors (Lipinski definition) is 1. The first-order valence-electron chi connectivity index (χ1n) is 6.77. The van der Waals surface area contributed by atoms with Crippen molar-refractivity contribution in [3.8, 4) is 0 Å². The lowest BCUT2D eigenvalue weighted by atomic mass is 10.1. The Kier molecular flexibility index (Phi) is 4.57. The summed E-state index contributed by atoms with van der Waals surface area (Å²) in [6, 6.07) is 9.76. The van der Waals surface area contributed by atoms with Crippen molar-refractivity contribution in [3.63, 3.8) is 0 Å². The number of nitrogens with one attached hydrogen (secondary N) is 1. The molecular formula is C15H24N2. The largest absolute Gasteiger partial charge is 0.310 e. The van der Waals surface area contributed by atoms with Crippen LogP contribution in [0.1, 0.15) is 37.3 Å². The predicted octanol–water partition coefficient (Wildman–Crippen LogP) is 2.78. The monoisotopic (exact) mass is 232 g/mol. The van der Waals surface area contributed by atoms with Crippen molar-refractivity contribution in [2.45, 2.75) is 45.3 Å². The molecule has 17 heavy (non-hydrogen) atoms. The highest BCUT2D eigenvalue weighted by molar-refractivity contribution is 5.23. The molecule has 0 bridgehead atoms. The molecule has 2 nitrogen and oxygen atoms in total. The van der Waals surface area contributed by atoms with Gasteiger partial charge >= 0.3 is 0 Å². The third-order valence-corrected chi connectivity index (χ3v) is 3.22. The van der Waals surface area contributed by atoms with Crippen LogP contribution in [0.15, 0.2) is 24.3 Å². The maximum atomic E-state index is 3.56. The van der Waals surface area contributed by atoms with Gasteiger partial charge in [-0.25, -0.2) is 0 Å². The standard InChI is InChI=1S/C15H24N2/c1-3-9-17(2)12-14-6-4-5-13(10-14)11-16-15-7-8-15/h4-6,10,15-16H,3,7-9,11-12H2,1-2H3. The van der Waals surface area contributed by atoms with Gasteiger partial charge in [0.25, 0.3) is 0 Å². The van der Waals surface area contributed by atoms with Gasteiger partial charge in [0, 0.05) is 19.1 Å². The van der Waals surface area contributed by atoms with Gasteiger partial charge in [-0.2, -0.15) is 0 Å². The van der Waals surface area contributed by atoms with E-state index in [0.29, 0.717) is 0 Å². The van der Waals surface area contributed by atoms with E-state index in [0.717, 1.165) is 19.1 Å². The lowest BCUT2D eigenvalue weighted by Gasteiger charge is -2.16. The lowest BCUT2D eigenvalue weighted by Crippen LogP contribution is -2.19. The van der Waals surface area contributed by atoms with E-state index in [4.69, 9.17) is 0 Å². The second-order valence-corrected chi connectivity index (χ2v) is 5.21. The Bertz CT molecular complexity index is 345. The van der Waals surface area contributed by atoms with Crippen LogP contribution in [-0.2, 0) is 13.1 Å². The minimum Gasteiger partial charge on any atom is -0.310 e. The summed E-state index contributed by atoms with van der Waals surface area (Å²) in [6.07, 6.45) is 3.94. The van der Waals surface area contributed by atoms with E-state index >= 15 is 0 Å². The summed E-state index contributed by atoms with van der Waals surface area (Å²) in [7, 11) is 2.19. The van der Waals surface area contributed by atoms with Gasteiger partial charge in [0.1, 0.15) is 0 Å². The molecule has 0 spiro atoms. The van der Waals surface area contributed by atoms with E-state index in [1.807, 2.05) is 0 Å². The Morgan fingerprint density at radius 2 is 2.06 bits per heavy atom. The molecule has 0 radical (unpaired) electrons. The van der Waals surface area contributed by atoms with Crippen molar-refractivity contribution in [2.75, 3.05) is 13.6 Å². The highest BCUT2D eigenvalue weighted by Crippen LogP contribution is 2.19. The molecule has 2 rings (SSSR count). The minimum atomic E-state index is 0.793. The summed E-state index contributed by atoms with van der Waals surface area (Å²) in [4.78, 5) is 2.38. The maximum Gasteiger partial charge on any atom is 0.0230 e. The van der Waals surface area contributed by atoms with Gasteiger partial charge in [0.15, 0.2) is 0 Å². The Morgan fingerprint density at radius 3 is 2.76 bits per heavy atom. The summed E-state index contributed by atoms with van der Waals surface area (Å²) >= 11 is 0. The molecule has 94 valence electrons. The molecule has 1 saturated carbocycles. The minimum absolute atomic E-state index is 0.793. The van der Waals surface area contributed by atoms with Crippen LogP contribution in [0.3, 0.4) is 0 Å². The fourth-order valence-corrected chi connectivity index (χ4v) is 2.16. The molecule has 1 aromatic rings. The van der Waals surface area contributed by atoms with E-state index in [-0.39, 0.29) is 0 Å². The molecule has 0 aliphatic heterocycles. The fourth-order valence-electron chi connectivity index (χ4n) is 2.16. The van der Waals surface area contributed by atoms with E-state index in [1.165, 1.54) is 36.9 Å². The number of rotatable bonds is 7. The van der Waals surface area contributed by atoms with Crippen molar-refractivity contribution >= 4 is 0 Å². The van der Waals surface area contributed by atoms with Gasteiger partial charge in [0.2, 0.25) is 0 Å². The first-order valence-corrected chi connectivity index (χ1v) is 6.77. The van der Waals surface area contributed by atoms with Crippen LogP contribution >= 0.6 is 0 Å². The van der Waals surface area contributed by atoms with Gasteiger partial charge in [-0.15, -0.1) is 0 Å². The third kappa shape index (κ3) is 4.49. The SMILES string of the molecule is CCCN(C)Cc1cccc(CNC2CC2)c1. The van der Waals surface area contributed by atoms with Gasteiger partial charge in [-0.3, -0.25) is 0 Å². The van der Waals surface area contributed by atoms with Crippen LogP contribution in [0.25, 0.3) is 0 Å². The Morgan fingerprint density at radius 1 is 1.29 bits per heavy atom. The molecule has 0 heterocycles. The normalized spacial score (nSPS) is 15.5. The van der Waals surface area contributed by atoms with Crippen LogP contribution < -0.4 is 5.32 Å². The summed E-state index contributed by atoms with van der Waals surface area (Å²) < 4.78 is 0. The molecule has 1 aliphatic carbocycles. The van der Waals surface area contributed by atoms with Crippen molar-refractivity contribution in [1.82, 2.24) is 10.2 Å².